The Morgan fingerprint density at radius 1 is 0.959 bits per heavy atom. The molecular formula is C35H35BrN8O5. The highest BCUT2D eigenvalue weighted by Crippen LogP contribution is 2.33. The number of anilines is 1. The minimum absolute atomic E-state index is 0.0735. The largest absolute Gasteiger partial charge is 0.384 e. The summed E-state index contributed by atoms with van der Waals surface area (Å²) >= 11 is 3.56. The Bertz CT molecular complexity index is 1970. The number of fused-ring (bicyclic) bond motifs is 2. The second-order valence-corrected chi connectivity index (χ2v) is 13.5. The maximum atomic E-state index is 13.3. The first-order valence-electron chi connectivity index (χ1n) is 16.6. The van der Waals surface area contributed by atoms with Gasteiger partial charge in [0.05, 0.1) is 40.8 Å². The fourth-order valence-electron chi connectivity index (χ4n) is 6.81. The molecule has 13 nitrogen and oxygen atoms in total. The van der Waals surface area contributed by atoms with E-state index in [-0.39, 0.29) is 35.9 Å². The lowest BCUT2D eigenvalue weighted by Gasteiger charge is -2.32. The molecule has 2 N–H and O–H groups in total. The van der Waals surface area contributed by atoms with Crippen molar-refractivity contribution >= 4 is 62.2 Å². The molecule has 252 valence electrons. The van der Waals surface area contributed by atoms with Gasteiger partial charge < -0.3 is 10.2 Å². The van der Waals surface area contributed by atoms with Crippen LogP contribution in [0, 0.1) is 0 Å². The van der Waals surface area contributed by atoms with E-state index in [2.05, 4.69) is 36.6 Å². The standard InChI is InChI=1S/C35H35BrN8O5/c36-24-7-5-9-26-32(24)40-27(19-38-26)21-18-39-43(20-21)22-13-16-42(17-14-22)30(46)10-2-1-3-15-37-25-8-4-6-23-31(25)35(49)44(34(23)48)28-11-12-29(45)41-33(28)47/h4-9,18-20,22,28,37H,1-3,10-17H2,(H,41,45,47). The van der Waals surface area contributed by atoms with Crippen LogP contribution >= 0.6 is 15.9 Å². The Morgan fingerprint density at radius 3 is 2.59 bits per heavy atom. The number of carbonyl (C=O) groups is 5. The molecule has 0 aliphatic carbocycles. The van der Waals surface area contributed by atoms with Crippen molar-refractivity contribution in [3.8, 4) is 11.3 Å². The molecule has 3 aliphatic rings. The van der Waals surface area contributed by atoms with Crippen LogP contribution in [0.3, 0.4) is 0 Å². The van der Waals surface area contributed by atoms with Crippen LogP contribution in [0.1, 0.15) is 78.1 Å². The normalized spacial score (nSPS) is 18.3. The summed E-state index contributed by atoms with van der Waals surface area (Å²) in [5.74, 6) is -1.95. The number of carbonyl (C=O) groups excluding carboxylic acids is 5. The Balaban J connectivity index is 0.846. The Kier molecular flexibility index (Phi) is 9.21. The van der Waals surface area contributed by atoms with Gasteiger partial charge in [-0.1, -0.05) is 18.6 Å². The number of aromatic nitrogens is 4. The molecule has 0 radical (unpaired) electrons. The zero-order valence-electron chi connectivity index (χ0n) is 26.7. The van der Waals surface area contributed by atoms with E-state index in [4.69, 9.17) is 4.98 Å². The Labute approximate surface area is 290 Å². The highest BCUT2D eigenvalue weighted by Gasteiger charge is 2.45. The van der Waals surface area contributed by atoms with Crippen molar-refractivity contribution in [3.63, 3.8) is 0 Å². The van der Waals surface area contributed by atoms with Crippen LogP contribution in [-0.2, 0) is 14.4 Å². The lowest BCUT2D eigenvalue weighted by molar-refractivity contribution is -0.136. The SMILES string of the molecule is O=C1CCC(N2C(=O)c3cccc(NCCCCCC(=O)N4CCC(n5cc(-c6cnc7cccc(Br)c7n6)cn5)CC4)c3C2=O)C(=O)N1. The summed E-state index contributed by atoms with van der Waals surface area (Å²) in [6, 6.07) is 10.0. The summed E-state index contributed by atoms with van der Waals surface area (Å²) in [6.45, 7) is 1.93. The third kappa shape index (κ3) is 6.56. The van der Waals surface area contributed by atoms with E-state index in [0.717, 1.165) is 63.8 Å². The van der Waals surface area contributed by atoms with Gasteiger partial charge in [0.2, 0.25) is 17.7 Å². The molecule has 7 rings (SSSR count). The summed E-state index contributed by atoms with van der Waals surface area (Å²) in [5, 5.41) is 10.1. The van der Waals surface area contributed by atoms with E-state index >= 15 is 0 Å². The van der Waals surface area contributed by atoms with Crippen LogP contribution < -0.4 is 10.6 Å². The molecule has 49 heavy (non-hydrogen) atoms. The van der Waals surface area contributed by atoms with Crippen molar-refractivity contribution in [1.82, 2.24) is 34.9 Å². The number of piperidine rings is 2. The number of rotatable bonds is 10. The van der Waals surface area contributed by atoms with Gasteiger partial charge in [0.25, 0.3) is 11.8 Å². The average Bonchev–Trinajstić information content (AvgIpc) is 3.70. The van der Waals surface area contributed by atoms with Gasteiger partial charge >= 0.3 is 0 Å². The summed E-state index contributed by atoms with van der Waals surface area (Å²) in [5.41, 5.74) is 4.33. The van der Waals surface area contributed by atoms with Crippen molar-refractivity contribution in [2.24, 2.45) is 0 Å². The number of imide groups is 2. The molecule has 0 spiro atoms. The minimum atomic E-state index is -1.00. The first-order chi connectivity index (χ1) is 23.8. The second kappa shape index (κ2) is 13.9. The van der Waals surface area contributed by atoms with Crippen molar-refractivity contribution in [1.29, 1.82) is 0 Å². The Hall–Kier alpha value is -4.98. The third-order valence-corrected chi connectivity index (χ3v) is 10.1. The quantitative estimate of drug-likeness (QED) is 0.177. The number of nitrogens with zero attached hydrogens (tertiary/aromatic N) is 6. The second-order valence-electron chi connectivity index (χ2n) is 12.6. The van der Waals surface area contributed by atoms with Gasteiger partial charge in [-0.15, -0.1) is 0 Å². The van der Waals surface area contributed by atoms with Gasteiger partial charge in [-0.3, -0.25) is 43.9 Å². The first-order valence-corrected chi connectivity index (χ1v) is 17.4. The van der Waals surface area contributed by atoms with E-state index in [0.29, 0.717) is 31.7 Å². The molecule has 2 aromatic carbocycles. The summed E-state index contributed by atoms with van der Waals surface area (Å²) in [6.07, 6.45) is 10.3. The molecule has 4 aromatic rings. The highest BCUT2D eigenvalue weighted by molar-refractivity contribution is 9.10. The van der Waals surface area contributed by atoms with Gasteiger partial charge in [0.1, 0.15) is 11.6 Å². The highest BCUT2D eigenvalue weighted by atomic mass is 79.9. The molecule has 2 saturated heterocycles. The number of nitrogens with one attached hydrogen (secondary N) is 2. The molecule has 0 saturated carbocycles. The lowest BCUT2D eigenvalue weighted by atomic mass is 10.0. The molecule has 2 aromatic heterocycles. The predicted molar refractivity (Wildman–Crippen MR) is 183 cm³/mol. The summed E-state index contributed by atoms with van der Waals surface area (Å²) in [4.78, 5) is 75.4. The van der Waals surface area contributed by atoms with E-state index in [9.17, 15) is 24.0 Å². The molecule has 1 atom stereocenters. The van der Waals surface area contributed by atoms with E-state index in [1.54, 1.807) is 24.4 Å². The molecule has 1 unspecified atom stereocenters. The van der Waals surface area contributed by atoms with Crippen molar-refractivity contribution in [3.05, 3.63) is 70.6 Å². The summed E-state index contributed by atoms with van der Waals surface area (Å²) in [7, 11) is 0. The number of para-hydroxylation sites is 1. The van der Waals surface area contributed by atoms with E-state index in [1.165, 1.54) is 0 Å². The number of likely N-dealkylation sites (tertiary alicyclic amines) is 1. The fraction of sp³-hybridized carbons (Fsp3) is 0.371. The van der Waals surface area contributed by atoms with Gasteiger partial charge in [-0.05, 0) is 72.3 Å². The van der Waals surface area contributed by atoms with Gasteiger partial charge in [-0.25, -0.2) is 4.98 Å². The molecule has 14 heteroatoms. The first kappa shape index (κ1) is 32.6. The average molecular weight is 728 g/mol. The van der Waals surface area contributed by atoms with Crippen molar-refractivity contribution in [2.45, 2.75) is 63.5 Å². The lowest BCUT2D eigenvalue weighted by Crippen LogP contribution is -2.54. The number of hydrogen-bond donors (Lipinski definition) is 2. The van der Waals surface area contributed by atoms with E-state index in [1.807, 2.05) is 40.2 Å². The number of hydrogen-bond acceptors (Lipinski definition) is 9. The van der Waals surface area contributed by atoms with Crippen LogP contribution in [0.15, 0.2) is 59.5 Å². The van der Waals surface area contributed by atoms with Crippen LogP contribution in [0.4, 0.5) is 5.69 Å². The van der Waals surface area contributed by atoms with Crippen LogP contribution in [-0.4, -0.2) is 84.8 Å². The van der Waals surface area contributed by atoms with Gasteiger partial charge in [0.15, 0.2) is 0 Å². The van der Waals surface area contributed by atoms with Gasteiger partial charge in [0, 0.05) is 54.4 Å². The van der Waals surface area contributed by atoms with Crippen LogP contribution in [0.2, 0.25) is 0 Å². The molecule has 3 aliphatic heterocycles. The van der Waals surface area contributed by atoms with Gasteiger partial charge in [-0.2, -0.15) is 5.10 Å². The maximum Gasteiger partial charge on any atom is 0.264 e. The predicted octanol–water partition coefficient (Wildman–Crippen LogP) is 4.49. The fourth-order valence-corrected chi connectivity index (χ4v) is 7.25. The molecule has 5 heterocycles. The minimum Gasteiger partial charge on any atom is -0.384 e. The maximum absolute atomic E-state index is 13.3. The van der Waals surface area contributed by atoms with E-state index < -0.39 is 29.7 Å². The molecular weight excluding hydrogens is 692 g/mol. The zero-order chi connectivity index (χ0) is 34.1. The summed E-state index contributed by atoms with van der Waals surface area (Å²) < 4.78 is 2.88. The zero-order valence-corrected chi connectivity index (χ0v) is 28.3. The van der Waals surface area contributed by atoms with Crippen molar-refractivity contribution < 1.29 is 24.0 Å². The third-order valence-electron chi connectivity index (χ3n) is 9.46. The number of unbranched alkanes of at least 4 members (excludes halogenated alkanes) is 2. The smallest absolute Gasteiger partial charge is 0.264 e. The molecule has 0 bridgehead atoms. The number of halogens is 1. The monoisotopic (exact) mass is 726 g/mol. The van der Waals surface area contributed by atoms with Crippen LogP contribution in [0.5, 0.6) is 0 Å². The van der Waals surface area contributed by atoms with Crippen molar-refractivity contribution in [2.75, 3.05) is 25.0 Å². The molecule has 5 amide bonds. The van der Waals surface area contributed by atoms with Crippen LogP contribution in [0.25, 0.3) is 22.3 Å². The number of benzene rings is 2. The Morgan fingerprint density at radius 2 is 1.78 bits per heavy atom. The topological polar surface area (TPSA) is 159 Å². The number of amides is 5. The molecule has 2 fully saturated rings.